The molecule has 1 atom stereocenters. The van der Waals surface area contributed by atoms with Gasteiger partial charge >= 0.3 is 0 Å². The summed E-state index contributed by atoms with van der Waals surface area (Å²) in [5, 5.41) is 3.37. The van der Waals surface area contributed by atoms with Gasteiger partial charge in [0.1, 0.15) is 11.3 Å². The summed E-state index contributed by atoms with van der Waals surface area (Å²) in [6, 6.07) is 5.13. The first kappa shape index (κ1) is 10.7. The highest BCUT2D eigenvalue weighted by Crippen LogP contribution is 2.26. The largest absolute Gasteiger partial charge is 0.331 e. The highest BCUT2D eigenvalue weighted by atomic mass is 19.1. The van der Waals surface area contributed by atoms with Crippen molar-refractivity contribution in [2.75, 3.05) is 13.1 Å². The highest BCUT2D eigenvalue weighted by Gasteiger charge is 2.21. The van der Waals surface area contributed by atoms with E-state index in [0.717, 1.165) is 37.3 Å². The minimum absolute atomic E-state index is 0.229. The molecule has 2 aromatic rings. The molecule has 3 nitrogen and oxygen atoms in total. The molecule has 17 heavy (non-hydrogen) atoms. The molecule has 90 valence electrons. The molecule has 0 radical (unpaired) electrons. The molecule has 1 fully saturated rings. The lowest BCUT2D eigenvalue weighted by molar-refractivity contribution is 0.440. The molecule has 1 aromatic heterocycles. The van der Waals surface area contributed by atoms with Gasteiger partial charge in [-0.1, -0.05) is 6.07 Å². The van der Waals surface area contributed by atoms with E-state index in [9.17, 15) is 4.39 Å². The fourth-order valence-corrected chi connectivity index (χ4v) is 2.64. The molecule has 0 aliphatic carbocycles. The smallest absolute Gasteiger partial charge is 0.151 e. The lowest BCUT2D eigenvalue weighted by Crippen LogP contribution is -2.29. The summed E-state index contributed by atoms with van der Waals surface area (Å²) in [6.07, 6.45) is 2.29. The summed E-state index contributed by atoms with van der Waals surface area (Å²) in [7, 11) is 1.97. The van der Waals surface area contributed by atoms with Gasteiger partial charge in [-0.25, -0.2) is 9.37 Å². The summed E-state index contributed by atoms with van der Waals surface area (Å²) >= 11 is 0. The molecular weight excluding hydrogens is 217 g/mol. The van der Waals surface area contributed by atoms with Gasteiger partial charge in [-0.2, -0.15) is 0 Å². The molecule has 3 rings (SSSR count). The number of nitrogens with zero attached hydrogens (tertiary/aromatic N) is 2. The molecule has 2 heterocycles. The third kappa shape index (κ3) is 1.72. The van der Waals surface area contributed by atoms with Gasteiger partial charge in [0.05, 0.1) is 5.52 Å². The van der Waals surface area contributed by atoms with Crippen molar-refractivity contribution in [1.29, 1.82) is 0 Å². The van der Waals surface area contributed by atoms with Crippen molar-refractivity contribution in [3.8, 4) is 0 Å². The van der Waals surface area contributed by atoms with Crippen LogP contribution in [0.3, 0.4) is 0 Å². The molecule has 1 N–H and O–H groups in total. The standard InChI is InChI=1S/C13H16FN3/c1-17-11-6-2-5-10(14)12(11)16-13(17)9-4-3-7-15-8-9/h2,5-6,9,15H,3-4,7-8H2,1H3. The number of fused-ring (bicyclic) bond motifs is 1. The van der Waals surface area contributed by atoms with Gasteiger partial charge in [0.2, 0.25) is 0 Å². The Morgan fingerprint density at radius 2 is 2.35 bits per heavy atom. The molecule has 0 bridgehead atoms. The van der Waals surface area contributed by atoms with Gasteiger partial charge < -0.3 is 9.88 Å². The third-order valence-corrected chi connectivity index (χ3v) is 3.56. The predicted octanol–water partition coefficient (Wildman–Crippen LogP) is 2.18. The number of hydrogen-bond donors (Lipinski definition) is 1. The Bertz CT molecular complexity index is 541. The Hall–Kier alpha value is -1.42. The fraction of sp³-hybridized carbons (Fsp3) is 0.462. The lowest BCUT2D eigenvalue weighted by Gasteiger charge is -2.22. The van der Waals surface area contributed by atoms with E-state index in [1.54, 1.807) is 6.07 Å². The molecule has 0 saturated carbocycles. The number of imidazole rings is 1. The number of para-hydroxylation sites is 1. The summed E-state index contributed by atoms with van der Waals surface area (Å²) in [6.45, 7) is 2.02. The van der Waals surface area contributed by atoms with Crippen LogP contribution in [0.1, 0.15) is 24.6 Å². The Morgan fingerprint density at radius 1 is 1.47 bits per heavy atom. The van der Waals surface area contributed by atoms with E-state index in [-0.39, 0.29) is 5.82 Å². The quantitative estimate of drug-likeness (QED) is 0.818. The second kappa shape index (κ2) is 4.11. The first-order chi connectivity index (χ1) is 8.27. The van der Waals surface area contributed by atoms with Crippen LogP contribution in [-0.4, -0.2) is 22.6 Å². The molecule has 0 spiro atoms. The van der Waals surface area contributed by atoms with E-state index < -0.39 is 0 Å². The molecule has 1 aromatic carbocycles. The molecule has 1 saturated heterocycles. The van der Waals surface area contributed by atoms with E-state index in [2.05, 4.69) is 10.3 Å². The van der Waals surface area contributed by atoms with E-state index in [4.69, 9.17) is 0 Å². The number of aromatic nitrogens is 2. The summed E-state index contributed by atoms with van der Waals surface area (Å²) in [4.78, 5) is 4.48. The van der Waals surface area contributed by atoms with Crippen molar-refractivity contribution < 1.29 is 4.39 Å². The van der Waals surface area contributed by atoms with Crippen LogP contribution in [0.25, 0.3) is 11.0 Å². The minimum Gasteiger partial charge on any atom is -0.331 e. The van der Waals surface area contributed by atoms with E-state index in [1.807, 2.05) is 17.7 Å². The highest BCUT2D eigenvalue weighted by molar-refractivity contribution is 5.76. The zero-order valence-corrected chi connectivity index (χ0v) is 9.91. The van der Waals surface area contributed by atoms with Gasteiger partial charge in [-0.3, -0.25) is 0 Å². The normalized spacial score (nSPS) is 20.9. The van der Waals surface area contributed by atoms with Gasteiger partial charge in [-0.15, -0.1) is 0 Å². The van der Waals surface area contributed by atoms with Crippen LogP contribution in [0, 0.1) is 5.82 Å². The Kier molecular flexibility index (Phi) is 2.59. The van der Waals surface area contributed by atoms with Crippen LogP contribution < -0.4 is 5.32 Å². The van der Waals surface area contributed by atoms with Crippen LogP contribution in [0.2, 0.25) is 0 Å². The predicted molar refractivity (Wildman–Crippen MR) is 65.5 cm³/mol. The maximum atomic E-state index is 13.7. The van der Waals surface area contributed by atoms with Crippen molar-refractivity contribution in [3.05, 3.63) is 29.8 Å². The summed E-state index contributed by atoms with van der Waals surface area (Å²) < 4.78 is 15.7. The Morgan fingerprint density at radius 3 is 3.06 bits per heavy atom. The van der Waals surface area contributed by atoms with Crippen molar-refractivity contribution in [2.45, 2.75) is 18.8 Å². The number of rotatable bonds is 1. The van der Waals surface area contributed by atoms with Crippen LogP contribution in [0.5, 0.6) is 0 Å². The zero-order chi connectivity index (χ0) is 11.8. The molecule has 4 heteroatoms. The SMILES string of the molecule is Cn1c(C2CCCNC2)nc2c(F)cccc21. The van der Waals surface area contributed by atoms with Crippen LogP contribution in [0.15, 0.2) is 18.2 Å². The van der Waals surface area contributed by atoms with E-state index in [1.165, 1.54) is 6.07 Å². The molecule has 1 aliphatic rings. The molecular formula is C13H16FN3. The summed E-state index contributed by atoms with van der Waals surface area (Å²) in [5.41, 5.74) is 1.38. The van der Waals surface area contributed by atoms with Gasteiger partial charge in [0.25, 0.3) is 0 Å². The number of aryl methyl sites for hydroxylation is 1. The summed E-state index contributed by atoms with van der Waals surface area (Å²) in [5.74, 6) is 1.17. The van der Waals surface area contributed by atoms with Crippen LogP contribution in [0.4, 0.5) is 4.39 Å². The monoisotopic (exact) mass is 233 g/mol. The number of benzene rings is 1. The van der Waals surface area contributed by atoms with Crippen molar-refractivity contribution in [2.24, 2.45) is 7.05 Å². The van der Waals surface area contributed by atoms with E-state index >= 15 is 0 Å². The number of piperidine rings is 1. The molecule has 1 unspecified atom stereocenters. The third-order valence-electron chi connectivity index (χ3n) is 3.56. The van der Waals surface area contributed by atoms with Gasteiger partial charge in [-0.05, 0) is 31.5 Å². The van der Waals surface area contributed by atoms with Crippen molar-refractivity contribution in [3.63, 3.8) is 0 Å². The number of hydrogen-bond acceptors (Lipinski definition) is 2. The first-order valence-electron chi connectivity index (χ1n) is 6.09. The number of halogens is 1. The van der Waals surface area contributed by atoms with Crippen molar-refractivity contribution in [1.82, 2.24) is 14.9 Å². The average molecular weight is 233 g/mol. The molecule has 0 amide bonds. The maximum Gasteiger partial charge on any atom is 0.151 e. The first-order valence-corrected chi connectivity index (χ1v) is 6.09. The Balaban J connectivity index is 2.10. The zero-order valence-electron chi connectivity index (χ0n) is 9.91. The van der Waals surface area contributed by atoms with Crippen LogP contribution in [-0.2, 0) is 7.05 Å². The minimum atomic E-state index is -0.229. The Labute approximate surface area is 99.7 Å². The molecule has 1 aliphatic heterocycles. The average Bonchev–Trinajstić information content (AvgIpc) is 2.70. The fourth-order valence-electron chi connectivity index (χ4n) is 2.64. The lowest BCUT2D eigenvalue weighted by atomic mass is 9.99. The van der Waals surface area contributed by atoms with E-state index in [0.29, 0.717) is 11.4 Å². The maximum absolute atomic E-state index is 13.7. The van der Waals surface area contributed by atoms with Gasteiger partial charge in [0, 0.05) is 19.5 Å². The topological polar surface area (TPSA) is 29.9 Å². The second-order valence-electron chi connectivity index (χ2n) is 4.68. The van der Waals surface area contributed by atoms with Gasteiger partial charge in [0.15, 0.2) is 5.82 Å². The second-order valence-corrected chi connectivity index (χ2v) is 4.68. The number of nitrogens with one attached hydrogen (secondary N) is 1. The van der Waals surface area contributed by atoms with Crippen LogP contribution >= 0.6 is 0 Å². The van der Waals surface area contributed by atoms with Crippen molar-refractivity contribution >= 4 is 11.0 Å².